The molecule has 0 spiro atoms. The molecular formula is C15H27N3O2. The molecule has 0 amide bonds. The molecule has 2 heterocycles. The summed E-state index contributed by atoms with van der Waals surface area (Å²) in [5.74, 6) is 1.65. The lowest BCUT2D eigenvalue weighted by atomic mass is 9.94. The highest BCUT2D eigenvalue weighted by Gasteiger charge is 2.22. The molecule has 0 aromatic carbocycles. The Kier molecular flexibility index (Phi) is 5.18. The van der Waals surface area contributed by atoms with Crippen molar-refractivity contribution >= 4 is 0 Å². The number of nitrogens with one attached hydrogen (secondary N) is 1. The second-order valence-electron chi connectivity index (χ2n) is 6.62. The number of aromatic nitrogens is 1. The molecule has 0 radical (unpaired) electrons. The van der Waals surface area contributed by atoms with Crippen LogP contribution in [-0.4, -0.2) is 47.3 Å². The maximum atomic E-state index is 9.21. The van der Waals surface area contributed by atoms with Crippen LogP contribution < -0.4 is 5.32 Å². The SMILES string of the molecule is CC(C)(C)c1cnc(CN(CCO)CC2CCCN2)o1. The highest BCUT2D eigenvalue weighted by molar-refractivity contribution is 5.06. The van der Waals surface area contributed by atoms with Gasteiger partial charge in [0.05, 0.1) is 19.3 Å². The molecule has 1 saturated heterocycles. The molecule has 0 bridgehead atoms. The van der Waals surface area contributed by atoms with Gasteiger partial charge in [-0.3, -0.25) is 4.90 Å². The number of rotatable bonds is 6. The Morgan fingerprint density at radius 2 is 2.30 bits per heavy atom. The molecule has 1 fully saturated rings. The summed E-state index contributed by atoms with van der Waals surface area (Å²) in [7, 11) is 0. The fraction of sp³-hybridized carbons (Fsp3) is 0.800. The van der Waals surface area contributed by atoms with Crippen molar-refractivity contribution in [1.29, 1.82) is 0 Å². The summed E-state index contributed by atoms with van der Waals surface area (Å²) in [4.78, 5) is 6.58. The summed E-state index contributed by atoms with van der Waals surface area (Å²) in [6.45, 7) is 9.88. The van der Waals surface area contributed by atoms with E-state index >= 15 is 0 Å². The second-order valence-corrected chi connectivity index (χ2v) is 6.62. The third kappa shape index (κ3) is 4.30. The summed E-state index contributed by atoms with van der Waals surface area (Å²) in [5, 5.41) is 12.7. The Labute approximate surface area is 121 Å². The number of aliphatic hydroxyl groups excluding tert-OH is 1. The van der Waals surface area contributed by atoms with Crippen LogP contribution >= 0.6 is 0 Å². The molecule has 2 N–H and O–H groups in total. The molecule has 1 atom stereocenters. The van der Waals surface area contributed by atoms with Gasteiger partial charge in [-0.25, -0.2) is 4.98 Å². The fourth-order valence-electron chi connectivity index (χ4n) is 2.52. The molecule has 5 heteroatoms. The minimum atomic E-state index is -0.0138. The second kappa shape index (κ2) is 6.70. The van der Waals surface area contributed by atoms with Gasteiger partial charge in [0.1, 0.15) is 5.76 Å². The van der Waals surface area contributed by atoms with Gasteiger partial charge in [0.25, 0.3) is 0 Å². The number of nitrogens with zero attached hydrogens (tertiary/aromatic N) is 2. The zero-order chi connectivity index (χ0) is 14.6. The van der Waals surface area contributed by atoms with E-state index in [-0.39, 0.29) is 12.0 Å². The van der Waals surface area contributed by atoms with E-state index in [1.807, 2.05) is 6.20 Å². The molecular weight excluding hydrogens is 254 g/mol. The highest BCUT2D eigenvalue weighted by atomic mass is 16.4. The first-order valence-corrected chi connectivity index (χ1v) is 7.51. The van der Waals surface area contributed by atoms with E-state index in [4.69, 9.17) is 4.42 Å². The van der Waals surface area contributed by atoms with Crippen LogP contribution in [0.5, 0.6) is 0 Å². The van der Waals surface area contributed by atoms with E-state index in [0.29, 0.717) is 19.1 Å². The van der Waals surface area contributed by atoms with Crippen LogP contribution in [0.25, 0.3) is 0 Å². The summed E-state index contributed by atoms with van der Waals surface area (Å²) in [6, 6.07) is 0.526. The van der Waals surface area contributed by atoms with Gasteiger partial charge < -0.3 is 14.8 Å². The summed E-state index contributed by atoms with van der Waals surface area (Å²) in [5.41, 5.74) is -0.0138. The predicted octanol–water partition coefficient (Wildman–Crippen LogP) is 1.52. The monoisotopic (exact) mass is 281 g/mol. The normalized spacial score (nSPS) is 19.9. The van der Waals surface area contributed by atoms with Gasteiger partial charge in [0.2, 0.25) is 5.89 Å². The zero-order valence-electron chi connectivity index (χ0n) is 12.9. The average Bonchev–Trinajstić information content (AvgIpc) is 2.99. The first-order chi connectivity index (χ1) is 9.49. The van der Waals surface area contributed by atoms with Crippen LogP contribution in [0.15, 0.2) is 10.6 Å². The fourth-order valence-corrected chi connectivity index (χ4v) is 2.52. The van der Waals surface area contributed by atoms with Gasteiger partial charge in [-0.05, 0) is 19.4 Å². The van der Waals surface area contributed by atoms with E-state index in [0.717, 1.165) is 24.7 Å². The molecule has 0 saturated carbocycles. The Balaban J connectivity index is 1.94. The van der Waals surface area contributed by atoms with Gasteiger partial charge >= 0.3 is 0 Å². The zero-order valence-corrected chi connectivity index (χ0v) is 12.9. The van der Waals surface area contributed by atoms with Crippen molar-refractivity contribution in [1.82, 2.24) is 15.2 Å². The number of hydrogen-bond acceptors (Lipinski definition) is 5. The number of aliphatic hydroxyl groups is 1. The first-order valence-electron chi connectivity index (χ1n) is 7.51. The largest absolute Gasteiger partial charge is 0.444 e. The van der Waals surface area contributed by atoms with Crippen molar-refractivity contribution in [3.05, 3.63) is 17.8 Å². The molecule has 114 valence electrons. The maximum absolute atomic E-state index is 9.21. The summed E-state index contributed by atoms with van der Waals surface area (Å²) < 4.78 is 5.83. The quantitative estimate of drug-likeness (QED) is 0.828. The standard InChI is InChI=1S/C15H27N3O2/c1-15(2,3)13-9-17-14(20-13)11-18(7-8-19)10-12-5-4-6-16-12/h9,12,16,19H,4-8,10-11H2,1-3H3. The van der Waals surface area contributed by atoms with Gasteiger partial charge in [-0.1, -0.05) is 20.8 Å². The summed E-state index contributed by atoms with van der Waals surface area (Å²) in [6.07, 6.45) is 4.27. The van der Waals surface area contributed by atoms with E-state index in [2.05, 4.69) is 36.0 Å². The molecule has 1 unspecified atom stereocenters. The van der Waals surface area contributed by atoms with Crippen LogP contribution in [0.3, 0.4) is 0 Å². The van der Waals surface area contributed by atoms with Crippen molar-refractivity contribution in [2.24, 2.45) is 0 Å². The van der Waals surface area contributed by atoms with Crippen molar-refractivity contribution < 1.29 is 9.52 Å². The van der Waals surface area contributed by atoms with Crippen LogP contribution in [0.2, 0.25) is 0 Å². The highest BCUT2D eigenvalue weighted by Crippen LogP contribution is 2.23. The maximum Gasteiger partial charge on any atom is 0.208 e. The Hall–Kier alpha value is -0.910. The molecule has 1 aliphatic heterocycles. The third-order valence-electron chi connectivity index (χ3n) is 3.71. The van der Waals surface area contributed by atoms with Gasteiger partial charge in [-0.2, -0.15) is 0 Å². The lowest BCUT2D eigenvalue weighted by Crippen LogP contribution is -2.38. The molecule has 1 aromatic heterocycles. The minimum Gasteiger partial charge on any atom is -0.444 e. The number of hydrogen-bond donors (Lipinski definition) is 2. The Morgan fingerprint density at radius 1 is 1.50 bits per heavy atom. The molecule has 1 aromatic rings. The third-order valence-corrected chi connectivity index (χ3v) is 3.71. The minimum absolute atomic E-state index is 0.0138. The van der Waals surface area contributed by atoms with Crippen LogP contribution in [-0.2, 0) is 12.0 Å². The van der Waals surface area contributed by atoms with Crippen LogP contribution in [0.4, 0.5) is 0 Å². The first kappa shape index (κ1) is 15.5. The predicted molar refractivity (Wildman–Crippen MR) is 78.6 cm³/mol. The molecule has 20 heavy (non-hydrogen) atoms. The molecule has 2 rings (SSSR count). The van der Waals surface area contributed by atoms with E-state index < -0.39 is 0 Å². The van der Waals surface area contributed by atoms with Crippen molar-refractivity contribution in [2.75, 3.05) is 26.2 Å². The van der Waals surface area contributed by atoms with Crippen molar-refractivity contribution in [2.45, 2.75) is 51.6 Å². The lowest BCUT2D eigenvalue weighted by molar-refractivity contribution is 0.166. The molecule has 5 nitrogen and oxygen atoms in total. The van der Waals surface area contributed by atoms with Crippen LogP contribution in [0, 0.1) is 0 Å². The van der Waals surface area contributed by atoms with Crippen molar-refractivity contribution in [3.8, 4) is 0 Å². The average molecular weight is 281 g/mol. The number of oxazole rings is 1. The molecule has 0 aliphatic carbocycles. The molecule has 1 aliphatic rings. The van der Waals surface area contributed by atoms with E-state index in [9.17, 15) is 5.11 Å². The van der Waals surface area contributed by atoms with Gasteiger partial charge in [0, 0.05) is 24.5 Å². The van der Waals surface area contributed by atoms with E-state index in [1.54, 1.807) is 0 Å². The van der Waals surface area contributed by atoms with Gasteiger partial charge in [0.15, 0.2) is 0 Å². The van der Waals surface area contributed by atoms with Crippen molar-refractivity contribution in [3.63, 3.8) is 0 Å². The van der Waals surface area contributed by atoms with Crippen LogP contribution in [0.1, 0.15) is 45.3 Å². The Bertz CT molecular complexity index is 405. The Morgan fingerprint density at radius 3 is 2.85 bits per heavy atom. The smallest absolute Gasteiger partial charge is 0.208 e. The topological polar surface area (TPSA) is 61.5 Å². The lowest BCUT2D eigenvalue weighted by Gasteiger charge is -2.23. The van der Waals surface area contributed by atoms with Gasteiger partial charge in [-0.15, -0.1) is 0 Å². The summed E-state index contributed by atoms with van der Waals surface area (Å²) >= 11 is 0. The van der Waals surface area contributed by atoms with E-state index in [1.165, 1.54) is 12.8 Å².